The number of nitrogens with zero attached hydrogens (tertiary/aromatic N) is 2. The summed E-state index contributed by atoms with van der Waals surface area (Å²) in [6.45, 7) is 5.54. The number of nitriles is 1. The first-order valence-corrected chi connectivity index (χ1v) is 8.78. The van der Waals surface area contributed by atoms with Gasteiger partial charge < -0.3 is 10.4 Å². The van der Waals surface area contributed by atoms with Crippen molar-refractivity contribution < 1.29 is 9.90 Å². The molecule has 0 aliphatic rings. The first-order valence-electron chi connectivity index (χ1n) is 8.78. The molecule has 2 N–H and O–H groups in total. The molecule has 1 aromatic carbocycles. The lowest BCUT2D eigenvalue weighted by Gasteiger charge is -2.19. The number of aliphatic hydroxyl groups is 1. The van der Waals surface area contributed by atoms with Crippen LogP contribution >= 0.6 is 0 Å². The number of carbonyl (C=O) groups is 1. The van der Waals surface area contributed by atoms with Crippen LogP contribution in [0.25, 0.3) is 11.3 Å². The van der Waals surface area contributed by atoms with Crippen molar-refractivity contribution in [3.63, 3.8) is 0 Å². The quantitative estimate of drug-likeness (QED) is 0.797. The third kappa shape index (κ3) is 5.98. The zero-order valence-electron chi connectivity index (χ0n) is 15.5. The molecule has 5 heteroatoms. The molecule has 1 amide bonds. The number of hydrogen-bond donors (Lipinski definition) is 2. The van der Waals surface area contributed by atoms with E-state index in [1.54, 1.807) is 44.3 Å². The van der Waals surface area contributed by atoms with Gasteiger partial charge in [-0.15, -0.1) is 0 Å². The Morgan fingerprint density at radius 1 is 1.35 bits per heavy atom. The molecule has 5 nitrogen and oxygen atoms in total. The van der Waals surface area contributed by atoms with Crippen LogP contribution < -0.4 is 5.32 Å². The van der Waals surface area contributed by atoms with Gasteiger partial charge in [0.2, 0.25) is 0 Å². The number of pyridine rings is 1. The third-order valence-electron chi connectivity index (χ3n) is 4.11. The molecule has 1 atom stereocenters. The van der Waals surface area contributed by atoms with E-state index < -0.39 is 5.60 Å². The van der Waals surface area contributed by atoms with E-state index in [1.165, 1.54) is 0 Å². The SMILES string of the molecule is C[C@@H](CCCC(C)(C)O)NC(=O)c1cccc(-c2cc(C#N)ccn2)c1. The summed E-state index contributed by atoms with van der Waals surface area (Å²) in [5.41, 5.74) is 1.87. The summed E-state index contributed by atoms with van der Waals surface area (Å²) in [7, 11) is 0. The van der Waals surface area contributed by atoms with Crippen LogP contribution in [-0.2, 0) is 0 Å². The highest BCUT2D eigenvalue weighted by molar-refractivity contribution is 5.95. The number of aromatic nitrogens is 1. The van der Waals surface area contributed by atoms with Gasteiger partial charge >= 0.3 is 0 Å². The summed E-state index contributed by atoms with van der Waals surface area (Å²) in [4.78, 5) is 16.8. The summed E-state index contributed by atoms with van der Waals surface area (Å²) in [6, 6.07) is 12.7. The second kappa shape index (κ2) is 8.59. The average molecular weight is 351 g/mol. The highest BCUT2D eigenvalue weighted by Crippen LogP contribution is 2.19. The van der Waals surface area contributed by atoms with Gasteiger partial charge in [0.05, 0.1) is 22.9 Å². The molecule has 1 heterocycles. The predicted octanol–water partition coefficient (Wildman–Crippen LogP) is 3.68. The molecule has 0 fully saturated rings. The fourth-order valence-corrected chi connectivity index (χ4v) is 2.70. The Kier molecular flexibility index (Phi) is 6.48. The van der Waals surface area contributed by atoms with Crippen LogP contribution in [0, 0.1) is 11.3 Å². The largest absolute Gasteiger partial charge is 0.390 e. The molecule has 0 saturated heterocycles. The number of carbonyl (C=O) groups excluding carboxylic acids is 1. The summed E-state index contributed by atoms with van der Waals surface area (Å²) >= 11 is 0. The van der Waals surface area contributed by atoms with Gasteiger partial charge in [0, 0.05) is 23.4 Å². The van der Waals surface area contributed by atoms with Crippen molar-refractivity contribution in [2.24, 2.45) is 0 Å². The van der Waals surface area contributed by atoms with E-state index in [-0.39, 0.29) is 11.9 Å². The molecule has 26 heavy (non-hydrogen) atoms. The zero-order chi connectivity index (χ0) is 19.2. The molecule has 0 bridgehead atoms. The first kappa shape index (κ1) is 19.6. The molecular formula is C21H25N3O2. The minimum absolute atomic E-state index is 0.0218. The fraction of sp³-hybridized carbons (Fsp3) is 0.381. The first-order chi connectivity index (χ1) is 12.3. The molecule has 0 spiro atoms. The zero-order valence-corrected chi connectivity index (χ0v) is 15.5. The second-order valence-corrected chi connectivity index (χ2v) is 7.20. The lowest BCUT2D eigenvalue weighted by Crippen LogP contribution is -2.33. The van der Waals surface area contributed by atoms with Gasteiger partial charge in [-0.2, -0.15) is 5.26 Å². The number of nitrogens with one attached hydrogen (secondary N) is 1. The standard InChI is InChI=1S/C21H25N3O2/c1-15(6-5-10-21(2,3)26)24-20(25)18-8-4-7-17(13-18)19-12-16(14-22)9-11-23-19/h4,7-9,11-13,15,26H,5-6,10H2,1-3H3,(H,24,25)/t15-/m0/s1. The molecule has 136 valence electrons. The van der Waals surface area contributed by atoms with Gasteiger partial charge in [-0.25, -0.2) is 0 Å². The van der Waals surface area contributed by atoms with Crippen LogP contribution in [0.15, 0.2) is 42.6 Å². The van der Waals surface area contributed by atoms with E-state index in [4.69, 9.17) is 5.26 Å². The Balaban J connectivity index is 2.02. The molecule has 1 aromatic heterocycles. The van der Waals surface area contributed by atoms with Crippen molar-refractivity contribution in [2.45, 2.75) is 51.7 Å². The van der Waals surface area contributed by atoms with Gasteiger partial charge in [-0.1, -0.05) is 12.1 Å². The number of amides is 1. The normalized spacial score (nSPS) is 12.3. The van der Waals surface area contributed by atoms with Gasteiger partial charge in [-0.05, 0) is 64.3 Å². The van der Waals surface area contributed by atoms with Crippen molar-refractivity contribution in [3.8, 4) is 17.3 Å². The molecule has 0 unspecified atom stereocenters. The van der Waals surface area contributed by atoms with E-state index in [9.17, 15) is 9.90 Å². The summed E-state index contributed by atoms with van der Waals surface area (Å²) in [5, 5.41) is 21.8. The van der Waals surface area contributed by atoms with Gasteiger partial charge in [-0.3, -0.25) is 9.78 Å². The van der Waals surface area contributed by atoms with Gasteiger partial charge in [0.1, 0.15) is 0 Å². The Bertz CT molecular complexity index is 803. The highest BCUT2D eigenvalue weighted by Gasteiger charge is 2.15. The molecule has 0 radical (unpaired) electrons. The maximum atomic E-state index is 12.5. The van der Waals surface area contributed by atoms with Crippen LogP contribution in [0.1, 0.15) is 56.0 Å². The van der Waals surface area contributed by atoms with Crippen LogP contribution in [0.2, 0.25) is 0 Å². The third-order valence-corrected chi connectivity index (χ3v) is 4.11. The molecule has 2 rings (SSSR count). The summed E-state index contributed by atoms with van der Waals surface area (Å²) < 4.78 is 0. The van der Waals surface area contributed by atoms with Crippen LogP contribution in [-0.4, -0.2) is 27.6 Å². The van der Waals surface area contributed by atoms with Crippen molar-refractivity contribution in [1.82, 2.24) is 10.3 Å². The maximum Gasteiger partial charge on any atom is 0.251 e. The molecule has 0 aliphatic carbocycles. The Morgan fingerprint density at radius 2 is 2.12 bits per heavy atom. The molecule has 0 aliphatic heterocycles. The second-order valence-electron chi connectivity index (χ2n) is 7.20. The molecule has 0 saturated carbocycles. The monoisotopic (exact) mass is 351 g/mol. The van der Waals surface area contributed by atoms with Crippen molar-refractivity contribution >= 4 is 5.91 Å². The predicted molar refractivity (Wildman–Crippen MR) is 101 cm³/mol. The van der Waals surface area contributed by atoms with Gasteiger partial charge in [0.25, 0.3) is 5.91 Å². The van der Waals surface area contributed by atoms with Crippen molar-refractivity contribution in [3.05, 3.63) is 53.7 Å². The van der Waals surface area contributed by atoms with E-state index >= 15 is 0 Å². The summed E-state index contributed by atoms with van der Waals surface area (Å²) in [5.74, 6) is -0.140. The average Bonchev–Trinajstić information content (AvgIpc) is 2.60. The van der Waals surface area contributed by atoms with E-state index in [0.29, 0.717) is 23.2 Å². The lowest BCUT2D eigenvalue weighted by atomic mass is 9.99. The molecule has 2 aromatic rings. The fourth-order valence-electron chi connectivity index (χ4n) is 2.70. The number of rotatable bonds is 7. The molecular weight excluding hydrogens is 326 g/mol. The topological polar surface area (TPSA) is 86.0 Å². The Hall–Kier alpha value is -2.71. The number of hydrogen-bond acceptors (Lipinski definition) is 4. The highest BCUT2D eigenvalue weighted by atomic mass is 16.3. The van der Waals surface area contributed by atoms with E-state index in [0.717, 1.165) is 18.4 Å². The lowest BCUT2D eigenvalue weighted by molar-refractivity contribution is 0.0674. The Morgan fingerprint density at radius 3 is 2.81 bits per heavy atom. The van der Waals surface area contributed by atoms with Crippen LogP contribution in [0.4, 0.5) is 0 Å². The Labute approximate surface area is 154 Å². The summed E-state index contributed by atoms with van der Waals surface area (Å²) in [6.07, 6.45) is 3.94. The maximum absolute atomic E-state index is 12.5. The van der Waals surface area contributed by atoms with Gasteiger partial charge in [0.15, 0.2) is 0 Å². The minimum Gasteiger partial charge on any atom is -0.390 e. The smallest absolute Gasteiger partial charge is 0.251 e. The van der Waals surface area contributed by atoms with Crippen molar-refractivity contribution in [2.75, 3.05) is 0 Å². The van der Waals surface area contributed by atoms with E-state index in [1.807, 2.05) is 19.1 Å². The van der Waals surface area contributed by atoms with E-state index in [2.05, 4.69) is 16.4 Å². The van der Waals surface area contributed by atoms with Crippen LogP contribution in [0.5, 0.6) is 0 Å². The van der Waals surface area contributed by atoms with Crippen molar-refractivity contribution in [1.29, 1.82) is 5.26 Å². The van der Waals surface area contributed by atoms with Crippen LogP contribution in [0.3, 0.4) is 0 Å². The minimum atomic E-state index is -0.678. The number of benzene rings is 1.